The van der Waals surface area contributed by atoms with Gasteiger partial charge in [-0.05, 0) is 116 Å². The van der Waals surface area contributed by atoms with Crippen LogP contribution in [0.3, 0.4) is 0 Å². The highest BCUT2D eigenvalue weighted by molar-refractivity contribution is 7.80. The highest BCUT2D eigenvalue weighted by atomic mass is 31.1. The second kappa shape index (κ2) is 10.4. The van der Waals surface area contributed by atoms with Gasteiger partial charge in [0.2, 0.25) is 0 Å². The summed E-state index contributed by atoms with van der Waals surface area (Å²) < 4.78 is 2.69. The number of hydrogen-bond acceptors (Lipinski definition) is 0. The third-order valence-electron chi connectivity index (χ3n) is 14.2. The fraction of sp³-hybridized carbons (Fsp3) is 0.148. The third-order valence-corrected chi connectivity index (χ3v) is 16.9. The van der Waals surface area contributed by atoms with Crippen LogP contribution in [-0.4, -0.2) is 4.57 Å². The first kappa shape index (κ1) is 31.5. The van der Waals surface area contributed by atoms with Crippen LogP contribution in [0.5, 0.6) is 0 Å². The van der Waals surface area contributed by atoms with Crippen molar-refractivity contribution in [1.29, 1.82) is 0 Å². The molecule has 1 atom stereocenters. The maximum Gasteiger partial charge on any atom is 0.0626 e. The lowest BCUT2D eigenvalue weighted by Gasteiger charge is -2.33. The van der Waals surface area contributed by atoms with Crippen molar-refractivity contribution in [2.45, 2.75) is 51.9 Å². The van der Waals surface area contributed by atoms with Crippen LogP contribution in [0.2, 0.25) is 0 Å². The van der Waals surface area contributed by atoms with E-state index in [1.165, 1.54) is 127 Å². The van der Waals surface area contributed by atoms with Gasteiger partial charge in [-0.1, -0.05) is 155 Å². The van der Waals surface area contributed by atoms with E-state index in [1.54, 1.807) is 0 Å². The predicted molar refractivity (Wildman–Crippen MR) is 239 cm³/mol. The molecule has 0 amide bonds. The average molecular weight is 734 g/mol. The lowest BCUT2D eigenvalue weighted by atomic mass is 9.80. The van der Waals surface area contributed by atoms with E-state index in [4.69, 9.17) is 0 Å². The molecule has 0 spiro atoms. The van der Waals surface area contributed by atoms with Gasteiger partial charge in [-0.2, -0.15) is 0 Å². The molecule has 2 heterocycles. The molecule has 0 saturated carbocycles. The van der Waals surface area contributed by atoms with E-state index in [0.717, 1.165) is 6.42 Å². The van der Waals surface area contributed by atoms with Gasteiger partial charge in [0, 0.05) is 37.6 Å². The molecule has 4 aliphatic rings. The minimum atomic E-state index is -0.888. The zero-order valence-electron chi connectivity index (χ0n) is 32.4. The first-order valence-electron chi connectivity index (χ1n) is 20.2. The maximum atomic E-state index is 2.69. The zero-order valence-corrected chi connectivity index (χ0v) is 33.3. The third kappa shape index (κ3) is 3.63. The maximum absolute atomic E-state index is 2.69. The summed E-state index contributed by atoms with van der Waals surface area (Å²) in [5, 5.41) is 9.93. The van der Waals surface area contributed by atoms with Crippen LogP contribution in [0, 0.1) is 6.92 Å². The second-order valence-corrected chi connectivity index (χ2v) is 19.8. The van der Waals surface area contributed by atoms with E-state index < -0.39 is 7.92 Å². The van der Waals surface area contributed by atoms with Crippen molar-refractivity contribution < 1.29 is 0 Å². The molecule has 0 fully saturated rings. The van der Waals surface area contributed by atoms with Crippen molar-refractivity contribution in [3.8, 4) is 39.1 Å². The number of aromatic nitrogens is 1. The first-order chi connectivity index (χ1) is 27.2. The molecule has 56 heavy (non-hydrogen) atoms. The van der Waals surface area contributed by atoms with Gasteiger partial charge in [-0.25, -0.2) is 0 Å². The summed E-state index contributed by atoms with van der Waals surface area (Å²) in [4.78, 5) is 0. The van der Waals surface area contributed by atoms with Gasteiger partial charge in [0.05, 0.1) is 16.7 Å². The summed E-state index contributed by atoms with van der Waals surface area (Å²) in [6.07, 6.45) is 0.972. The van der Waals surface area contributed by atoms with E-state index in [-0.39, 0.29) is 10.8 Å². The smallest absolute Gasteiger partial charge is 0.0626 e. The van der Waals surface area contributed by atoms with Crippen LogP contribution < -0.4 is 15.9 Å². The molecular formula is C54H40NP. The topological polar surface area (TPSA) is 4.93 Å². The molecule has 0 bridgehead atoms. The lowest BCUT2D eigenvalue weighted by Crippen LogP contribution is -2.32. The Labute approximate surface area is 329 Å². The molecule has 1 aliphatic heterocycles. The van der Waals surface area contributed by atoms with Crippen LogP contribution in [0.4, 0.5) is 0 Å². The van der Waals surface area contributed by atoms with Crippen LogP contribution in [0.25, 0.3) is 71.6 Å². The van der Waals surface area contributed by atoms with E-state index in [0.29, 0.717) is 0 Å². The molecular weight excluding hydrogens is 694 g/mol. The Bertz CT molecular complexity index is 3300. The van der Waals surface area contributed by atoms with Gasteiger partial charge in [0.1, 0.15) is 0 Å². The Hall–Kier alpha value is -5.75. The van der Waals surface area contributed by atoms with E-state index in [1.807, 2.05) is 0 Å². The molecule has 0 radical (unpaired) electrons. The Morgan fingerprint density at radius 2 is 1.21 bits per heavy atom. The van der Waals surface area contributed by atoms with Gasteiger partial charge in [0.15, 0.2) is 0 Å². The fourth-order valence-corrected chi connectivity index (χ4v) is 14.7. The van der Waals surface area contributed by atoms with Gasteiger partial charge in [-0.3, -0.25) is 0 Å². The van der Waals surface area contributed by atoms with E-state index in [2.05, 4.69) is 179 Å². The van der Waals surface area contributed by atoms with Gasteiger partial charge >= 0.3 is 0 Å². The first-order valence-corrected chi connectivity index (χ1v) is 21.5. The Kier molecular flexibility index (Phi) is 5.81. The molecule has 13 rings (SSSR count). The number of benzene rings is 8. The quantitative estimate of drug-likeness (QED) is 0.148. The molecule has 3 aliphatic carbocycles. The van der Waals surface area contributed by atoms with Crippen molar-refractivity contribution in [1.82, 2.24) is 4.57 Å². The number of aryl methyl sites for hydroxylation is 1. The summed E-state index contributed by atoms with van der Waals surface area (Å²) in [7, 11) is -0.888. The lowest BCUT2D eigenvalue weighted by molar-refractivity contribution is 0.659. The van der Waals surface area contributed by atoms with Crippen molar-refractivity contribution in [2.75, 3.05) is 0 Å². The van der Waals surface area contributed by atoms with Gasteiger partial charge < -0.3 is 4.57 Å². The van der Waals surface area contributed by atoms with Gasteiger partial charge in [-0.15, -0.1) is 0 Å². The Morgan fingerprint density at radius 1 is 0.536 bits per heavy atom. The molecule has 0 N–H and O–H groups in total. The standard InChI is InChI=1S/C54H40NP/c1-30-26-31-14-6-7-15-33(31)51-52(30)56(46-22-12-18-34-39-29-40-36-17-9-10-20-42(36)53(2,3)44(40)28-32(39)27-41(34)46)47-23-13-19-38-48-45(55(51)50(38)47)25-24-37-35-16-8-11-21-43(35)54(4,5)49(37)48/h6-26,28-29H,27H2,1-5H3. The summed E-state index contributed by atoms with van der Waals surface area (Å²) >= 11 is 0. The van der Waals surface area contributed by atoms with Crippen molar-refractivity contribution in [2.24, 2.45) is 0 Å². The molecule has 1 nitrogen and oxygen atoms in total. The van der Waals surface area contributed by atoms with Crippen molar-refractivity contribution in [3.63, 3.8) is 0 Å². The van der Waals surface area contributed by atoms with Gasteiger partial charge in [0.25, 0.3) is 0 Å². The highest BCUT2D eigenvalue weighted by Gasteiger charge is 2.42. The minimum absolute atomic E-state index is 0.0116. The number of fused-ring (bicyclic) bond motifs is 17. The second-order valence-electron chi connectivity index (χ2n) is 17.7. The Morgan fingerprint density at radius 3 is 2.05 bits per heavy atom. The van der Waals surface area contributed by atoms with E-state index in [9.17, 15) is 0 Å². The number of para-hydroxylation sites is 1. The normalized spacial score (nSPS) is 17.1. The monoisotopic (exact) mass is 733 g/mol. The summed E-state index contributed by atoms with van der Waals surface area (Å²) in [6.45, 7) is 12.1. The van der Waals surface area contributed by atoms with Crippen molar-refractivity contribution >= 4 is 56.4 Å². The summed E-state index contributed by atoms with van der Waals surface area (Å²) in [5.41, 5.74) is 22.5. The molecule has 0 saturated heterocycles. The van der Waals surface area contributed by atoms with Crippen LogP contribution in [-0.2, 0) is 17.3 Å². The molecule has 266 valence electrons. The molecule has 1 unspecified atom stereocenters. The van der Waals surface area contributed by atoms with E-state index >= 15 is 0 Å². The SMILES string of the molecule is Cc1cc2ccccc2c2c1P(c1cccc3c1Cc1cc4c(cc1-3)-c1ccccc1C4(C)C)c1cccc3c4c5c(ccc4n-2c13)-c1ccccc1C5(C)C. The predicted octanol–water partition coefficient (Wildman–Crippen LogP) is 12.5. The van der Waals surface area contributed by atoms with Crippen molar-refractivity contribution in [3.05, 3.63) is 178 Å². The molecule has 8 aromatic carbocycles. The molecule has 9 aromatic rings. The number of hydrogen-bond donors (Lipinski definition) is 0. The molecule has 1 aromatic heterocycles. The Balaban J connectivity index is 1.12. The van der Waals surface area contributed by atoms with Crippen LogP contribution >= 0.6 is 7.92 Å². The average Bonchev–Trinajstić information content (AvgIpc) is 3.89. The fourth-order valence-electron chi connectivity index (χ4n) is 11.8. The minimum Gasteiger partial charge on any atom is -0.307 e. The highest BCUT2D eigenvalue weighted by Crippen LogP contribution is 2.57. The largest absolute Gasteiger partial charge is 0.307 e. The summed E-state index contributed by atoms with van der Waals surface area (Å²) in [6, 6.07) is 54.1. The molecule has 2 heteroatoms. The number of rotatable bonds is 1. The van der Waals surface area contributed by atoms with Crippen LogP contribution in [0.15, 0.2) is 140 Å². The zero-order chi connectivity index (χ0) is 37.4. The number of nitrogens with zero attached hydrogens (tertiary/aromatic N) is 1. The summed E-state index contributed by atoms with van der Waals surface area (Å²) in [5.74, 6) is 0. The van der Waals surface area contributed by atoms with Crippen LogP contribution in [0.1, 0.15) is 66.6 Å².